The van der Waals surface area contributed by atoms with E-state index in [4.69, 9.17) is 19.4 Å². The van der Waals surface area contributed by atoms with Crippen molar-refractivity contribution in [2.45, 2.75) is 58.5 Å². The fourth-order valence-electron chi connectivity index (χ4n) is 4.36. The van der Waals surface area contributed by atoms with E-state index in [1.54, 1.807) is 18.5 Å². The number of alkyl carbamates (subject to hydrolysis) is 1. The van der Waals surface area contributed by atoms with Gasteiger partial charge in [-0.3, -0.25) is 4.98 Å². The average Bonchev–Trinajstić information content (AvgIpc) is 3.45. The van der Waals surface area contributed by atoms with Gasteiger partial charge in [0.25, 0.3) is 5.95 Å². The molecule has 2 unspecified atom stereocenters. The van der Waals surface area contributed by atoms with Crippen LogP contribution in [0.25, 0.3) is 5.95 Å². The molecule has 0 aliphatic heterocycles. The van der Waals surface area contributed by atoms with Crippen molar-refractivity contribution in [1.29, 1.82) is 0 Å². The number of benzene rings is 2. The lowest BCUT2D eigenvalue weighted by molar-refractivity contribution is -0.192. The molecule has 0 saturated heterocycles. The van der Waals surface area contributed by atoms with Crippen molar-refractivity contribution in [2.24, 2.45) is 0 Å². The number of carboxylic acid groups (broad SMARTS) is 1. The molecule has 1 amide bonds. The lowest BCUT2D eigenvalue weighted by Gasteiger charge is -2.24. The molecule has 2 heterocycles. The fourth-order valence-corrected chi connectivity index (χ4v) is 5.16. The molecule has 0 bridgehead atoms. The summed E-state index contributed by atoms with van der Waals surface area (Å²) in [6, 6.07) is 10.9. The van der Waals surface area contributed by atoms with E-state index in [1.807, 2.05) is 59.1 Å². The number of anilines is 1. The Morgan fingerprint density at radius 3 is 2.37 bits per heavy atom. The highest BCUT2D eigenvalue weighted by Gasteiger charge is 2.38. The van der Waals surface area contributed by atoms with Crippen molar-refractivity contribution in [3.63, 3.8) is 0 Å². The van der Waals surface area contributed by atoms with E-state index < -0.39 is 35.6 Å². The smallest absolute Gasteiger partial charge is 0.490 e. The molecule has 4 N–H and O–H groups in total. The zero-order valence-electron chi connectivity index (χ0n) is 29.3. The topological polar surface area (TPSA) is 177 Å². The molecule has 0 radical (unpaired) electrons. The number of carboxylic acids is 1. The number of aromatic nitrogens is 5. The number of carbonyl (C=O) groups excluding carboxylic acids is 1. The van der Waals surface area contributed by atoms with Crippen molar-refractivity contribution in [3.8, 4) is 11.7 Å². The van der Waals surface area contributed by atoms with Gasteiger partial charge in [0.2, 0.25) is 0 Å². The Balaban J connectivity index is 0.000000944. The second kappa shape index (κ2) is 18.3. The second-order valence-corrected chi connectivity index (χ2v) is 13.9. The monoisotopic (exact) mass is 812 g/mol. The molecule has 2 aromatic heterocycles. The third-order valence-corrected chi connectivity index (χ3v) is 8.21. The van der Waals surface area contributed by atoms with Gasteiger partial charge in [0.1, 0.15) is 24.0 Å². The van der Waals surface area contributed by atoms with Crippen LogP contribution in [0.5, 0.6) is 5.75 Å². The largest absolute Gasteiger partial charge is 0.492 e. The number of likely N-dealkylation sites (N-methyl/N-ethyl adjacent to an activating group) is 1. The van der Waals surface area contributed by atoms with Gasteiger partial charge in [0, 0.05) is 40.9 Å². The van der Waals surface area contributed by atoms with Crippen LogP contribution in [-0.2, 0) is 22.5 Å². The number of H-pyrrole nitrogens is 1. The first kappa shape index (κ1) is 41.9. The van der Waals surface area contributed by atoms with Crippen LogP contribution in [0.3, 0.4) is 0 Å². The summed E-state index contributed by atoms with van der Waals surface area (Å²) in [5.41, 5.74) is 2.39. The summed E-state index contributed by atoms with van der Waals surface area (Å²) in [6.45, 7) is 9.02. The molecule has 2 atom stereocenters. The third-order valence-electron chi connectivity index (χ3n) is 6.82. The Morgan fingerprint density at radius 1 is 1.13 bits per heavy atom. The summed E-state index contributed by atoms with van der Waals surface area (Å²) in [5, 5.41) is 18.9. The normalized spacial score (nSPS) is 12.1. The number of nitrogens with one attached hydrogen (secondary N) is 3. The molecule has 14 nitrogen and oxygen atoms in total. The summed E-state index contributed by atoms with van der Waals surface area (Å²) >= 11 is 3.59. The van der Waals surface area contributed by atoms with Crippen LogP contribution in [0, 0.1) is 0 Å². The number of alkyl halides is 3. The van der Waals surface area contributed by atoms with Crippen molar-refractivity contribution >= 4 is 48.2 Å². The molecule has 0 fully saturated rings. The number of aromatic amines is 1. The molecule has 2 aromatic carbocycles. The quantitative estimate of drug-likeness (QED) is 0.142. The highest BCUT2D eigenvalue weighted by Crippen LogP contribution is 2.31. The van der Waals surface area contributed by atoms with Gasteiger partial charge in [-0.25, -0.2) is 24.4 Å². The Kier molecular flexibility index (Phi) is 14.7. The maximum Gasteiger partial charge on any atom is 0.490 e. The van der Waals surface area contributed by atoms with Crippen LogP contribution in [0.2, 0.25) is 0 Å². The first-order valence-electron chi connectivity index (χ1n) is 15.8. The summed E-state index contributed by atoms with van der Waals surface area (Å²) in [4.78, 5) is 47.7. The first-order chi connectivity index (χ1) is 24.3. The van der Waals surface area contributed by atoms with Crippen molar-refractivity contribution < 1.29 is 37.3 Å². The summed E-state index contributed by atoms with van der Waals surface area (Å²) in [6.07, 6.45) is -1.72. The summed E-state index contributed by atoms with van der Waals surface area (Å²) in [7, 11) is 6.79. The molecule has 52 heavy (non-hydrogen) atoms. The number of aryl methyl sites for hydroxylation is 1. The van der Waals surface area contributed by atoms with Gasteiger partial charge in [0.05, 0.1) is 0 Å². The number of aliphatic carboxylic acids is 1. The molecule has 0 aliphatic carbocycles. The first-order valence-corrected chi connectivity index (χ1v) is 17.1. The minimum absolute atomic E-state index is 0.156. The number of hydrogen-bond donors (Lipinski definition) is 4. The Labute approximate surface area is 308 Å². The van der Waals surface area contributed by atoms with E-state index in [0.29, 0.717) is 12.4 Å². The molecule has 0 saturated carbocycles. The molecule has 0 spiro atoms. The molecule has 4 aromatic rings. The number of rotatable bonds is 12. The highest BCUT2D eigenvalue weighted by molar-refractivity contribution is 9.10. The van der Waals surface area contributed by atoms with Crippen LogP contribution in [0.15, 0.2) is 58.1 Å². The van der Waals surface area contributed by atoms with Gasteiger partial charge in [0.15, 0.2) is 5.82 Å². The highest BCUT2D eigenvalue weighted by atomic mass is 79.9. The number of hydrogen-bond acceptors (Lipinski definition) is 10. The SMILES string of the molecule is CCc1cc(OCCN(C)C)c(P)c(C(Nc2ccc(Br)c(CNC(=O)OC(C)(C)C)c2)c2nn(-c3ncccn3)c(=O)[nH]2)c1.O=C(O)C(F)(F)F. The van der Waals surface area contributed by atoms with Gasteiger partial charge in [-0.05, 0) is 88.3 Å². The van der Waals surface area contributed by atoms with Crippen LogP contribution in [-0.4, -0.2) is 85.8 Å². The second-order valence-electron chi connectivity index (χ2n) is 12.4. The number of ether oxygens (including phenoxy) is 2. The number of carbonyl (C=O) groups is 2. The Hall–Kier alpha value is -4.54. The van der Waals surface area contributed by atoms with Crippen LogP contribution < -0.4 is 26.4 Å². The minimum atomic E-state index is -5.08. The Morgan fingerprint density at radius 2 is 1.79 bits per heavy atom. The van der Waals surface area contributed by atoms with Gasteiger partial charge >= 0.3 is 23.9 Å². The third kappa shape index (κ3) is 12.6. The predicted molar refractivity (Wildman–Crippen MR) is 195 cm³/mol. The van der Waals surface area contributed by atoms with Gasteiger partial charge in [-0.15, -0.1) is 19.0 Å². The molecule has 4 rings (SSSR count). The predicted octanol–water partition coefficient (Wildman–Crippen LogP) is 4.98. The summed E-state index contributed by atoms with van der Waals surface area (Å²) < 4.78 is 45.3. The van der Waals surface area contributed by atoms with Crippen LogP contribution in [0.1, 0.15) is 56.3 Å². The van der Waals surface area contributed by atoms with E-state index in [1.165, 1.54) is 0 Å². The molecular weight excluding hydrogens is 772 g/mol. The average molecular weight is 814 g/mol. The van der Waals surface area contributed by atoms with Crippen molar-refractivity contribution in [1.82, 2.24) is 34.9 Å². The zero-order chi connectivity index (χ0) is 38.8. The zero-order valence-corrected chi connectivity index (χ0v) is 32.1. The maximum atomic E-state index is 13.1. The van der Waals surface area contributed by atoms with Crippen LogP contribution >= 0.6 is 25.2 Å². The van der Waals surface area contributed by atoms with Gasteiger partial charge in [-0.2, -0.15) is 13.2 Å². The lowest BCUT2D eigenvalue weighted by Crippen LogP contribution is -2.32. The Bertz CT molecular complexity index is 1880. The lowest BCUT2D eigenvalue weighted by atomic mass is 10.0. The van der Waals surface area contributed by atoms with E-state index >= 15 is 0 Å². The standard InChI is InChI=1S/C31H40BrN8O4P.C2HF3O2/c1-7-19-15-22(26(45)24(16-19)43-14-13-39(5)6)25(27-37-29(41)40(38-27)28-33-11-8-12-34-28)36-21-9-10-23(32)20(17-21)18-35-30(42)44-31(2,3)4;3-2(4,5)1(6)7/h8-12,15-17,25,36H,7,13-14,18,45H2,1-6H3,(H,35,42)(H,37,38,41);(H,6,7). The van der Waals surface area contributed by atoms with Crippen molar-refractivity contribution in [3.05, 3.63) is 86.3 Å². The molecule has 282 valence electrons. The minimum Gasteiger partial charge on any atom is -0.492 e. The van der Waals surface area contributed by atoms with E-state index in [0.717, 1.165) is 55.6 Å². The van der Waals surface area contributed by atoms with Crippen molar-refractivity contribution in [2.75, 3.05) is 32.6 Å². The van der Waals surface area contributed by atoms with E-state index in [-0.39, 0.29) is 12.5 Å². The number of halogens is 4. The van der Waals surface area contributed by atoms with Crippen LogP contribution in [0.4, 0.5) is 23.7 Å². The molecule has 19 heteroatoms. The molecule has 0 aliphatic rings. The van der Waals surface area contributed by atoms with E-state index in [2.05, 4.69) is 73.7 Å². The van der Waals surface area contributed by atoms with Gasteiger partial charge < -0.3 is 30.1 Å². The number of amides is 1. The number of nitrogens with zero attached hydrogens (tertiary/aromatic N) is 5. The summed E-state index contributed by atoms with van der Waals surface area (Å²) in [5.74, 6) is -1.51. The molecular formula is C33H41BrF3N8O6P. The van der Waals surface area contributed by atoms with Gasteiger partial charge in [-0.1, -0.05) is 28.9 Å². The van der Waals surface area contributed by atoms with E-state index in [9.17, 15) is 22.8 Å². The fraction of sp³-hybridized carbons (Fsp3) is 0.394. The maximum absolute atomic E-state index is 13.1.